The van der Waals surface area contributed by atoms with Gasteiger partial charge in [-0.2, -0.15) is 5.10 Å². The van der Waals surface area contributed by atoms with Crippen molar-refractivity contribution < 1.29 is 9.84 Å². The second-order valence-electron chi connectivity index (χ2n) is 4.79. The number of aliphatic hydroxyl groups excluding tert-OH is 1. The Hall–Kier alpha value is -0.430. The summed E-state index contributed by atoms with van der Waals surface area (Å²) in [6.45, 7) is 8.40. The van der Waals surface area contributed by atoms with Crippen molar-refractivity contribution in [2.45, 2.75) is 39.5 Å². The normalized spacial score (nSPS) is 20.9. The van der Waals surface area contributed by atoms with Crippen LogP contribution in [-0.4, -0.2) is 52.2 Å². The number of halogens is 1. The molecule has 1 aromatic rings. The van der Waals surface area contributed by atoms with E-state index >= 15 is 0 Å². The van der Waals surface area contributed by atoms with Crippen molar-refractivity contribution in [3.05, 3.63) is 15.9 Å². The average molecular weight is 332 g/mol. The van der Waals surface area contributed by atoms with Crippen LogP contribution < -0.4 is 0 Å². The SMILES string of the molecule is CCc1nn(CC)c(CN2CCOC(CO)C2)c1Br. The molecular formula is C13H22BrN3O2. The molecule has 2 rings (SSSR count). The number of aryl methyl sites for hydroxylation is 2. The fourth-order valence-electron chi connectivity index (χ4n) is 2.41. The first-order valence-corrected chi connectivity index (χ1v) is 7.67. The molecule has 1 atom stereocenters. The Balaban J connectivity index is 2.11. The van der Waals surface area contributed by atoms with Crippen molar-refractivity contribution in [2.24, 2.45) is 0 Å². The van der Waals surface area contributed by atoms with Gasteiger partial charge in [0.25, 0.3) is 0 Å². The number of morpholine rings is 1. The first kappa shape index (κ1) is 15.0. The second kappa shape index (κ2) is 6.83. The van der Waals surface area contributed by atoms with E-state index in [1.165, 1.54) is 5.69 Å². The fourth-order valence-corrected chi connectivity index (χ4v) is 3.10. The number of nitrogens with zero attached hydrogens (tertiary/aromatic N) is 3. The van der Waals surface area contributed by atoms with Crippen LogP contribution in [0.5, 0.6) is 0 Å². The number of hydrogen-bond donors (Lipinski definition) is 1. The van der Waals surface area contributed by atoms with Crippen LogP contribution in [0.3, 0.4) is 0 Å². The maximum Gasteiger partial charge on any atom is 0.0933 e. The molecule has 0 saturated carbocycles. The van der Waals surface area contributed by atoms with Crippen molar-refractivity contribution in [2.75, 3.05) is 26.3 Å². The standard InChI is InChI=1S/C13H22BrN3O2/c1-3-11-13(14)12(17(4-2)15-11)8-16-5-6-19-10(7-16)9-18/h10,18H,3-9H2,1-2H3. The van der Waals surface area contributed by atoms with E-state index in [4.69, 9.17) is 4.74 Å². The Kier molecular flexibility index (Phi) is 5.38. The van der Waals surface area contributed by atoms with Gasteiger partial charge in [-0.05, 0) is 29.3 Å². The molecule has 0 amide bonds. The first-order chi connectivity index (χ1) is 9.19. The van der Waals surface area contributed by atoms with Gasteiger partial charge in [-0.25, -0.2) is 0 Å². The molecule has 0 aliphatic carbocycles. The van der Waals surface area contributed by atoms with Crippen LogP contribution in [0.15, 0.2) is 4.47 Å². The van der Waals surface area contributed by atoms with Gasteiger partial charge in [-0.3, -0.25) is 9.58 Å². The highest BCUT2D eigenvalue weighted by Crippen LogP contribution is 2.24. The molecule has 1 aromatic heterocycles. The van der Waals surface area contributed by atoms with Gasteiger partial charge in [-0.15, -0.1) is 0 Å². The number of aromatic nitrogens is 2. The van der Waals surface area contributed by atoms with Crippen LogP contribution in [0.1, 0.15) is 25.2 Å². The van der Waals surface area contributed by atoms with Crippen LogP contribution in [0, 0.1) is 0 Å². The Morgan fingerprint density at radius 1 is 1.47 bits per heavy atom. The van der Waals surface area contributed by atoms with Crippen molar-refractivity contribution in [1.82, 2.24) is 14.7 Å². The van der Waals surface area contributed by atoms with Crippen molar-refractivity contribution in [3.63, 3.8) is 0 Å². The monoisotopic (exact) mass is 331 g/mol. The Bertz CT molecular complexity index is 422. The predicted octanol–water partition coefficient (Wildman–Crippen LogP) is 1.42. The molecule has 0 bridgehead atoms. The number of hydrogen-bond acceptors (Lipinski definition) is 4. The summed E-state index contributed by atoms with van der Waals surface area (Å²) in [6.07, 6.45) is 0.874. The third kappa shape index (κ3) is 3.37. The Morgan fingerprint density at radius 2 is 2.26 bits per heavy atom. The van der Waals surface area contributed by atoms with Crippen LogP contribution in [0.25, 0.3) is 0 Å². The molecule has 1 aliphatic heterocycles. The molecule has 0 radical (unpaired) electrons. The van der Waals surface area contributed by atoms with E-state index in [2.05, 4.69) is 44.5 Å². The minimum Gasteiger partial charge on any atom is -0.394 e. The van der Waals surface area contributed by atoms with Gasteiger partial charge in [0.1, 0.15) is 0 Å². The van der Waals surface area contributed by atoms with Crippen molar-refractivity contribution >= 4 is 15.9 Å². The zero-order valence-electron chi connectivity index (χ0n) is 11.6. The Morgan fingerprint density at radius 3 is 2.89 bits per heavy atom. The first-order valence-electron chi connectivity index (χ1n) is 6.88. The predicted molar refractivity (Wildman–Crippen MR) is 77.1 cm³/mol. The van der Waals surface area contributed by atoms with Crippen molar-refractivity contribution in [1.29, 1.82) is 0 Å². The van der Waals surface area contributed by atoms with Gasteiger partial charge >= 0.3 is 0 Å². The highest BCUT2D eigenvalue weighted by atomic mass is 79.9. The summed E-state index contributed by atoms with van der Waals surface area (Å²) in [5.41, 5.74) is 2.33. The van der Waals surface area contributed by atoms with Gasteiger partial charge in [0.05, 0.1) is 35.2 Å². The lowest BCUT2D eigenvalue weighted by atomic mass is 10.2. The van der Waals surface area contributed by atoms with Crippen LogP contribution >= 0.6 is 15.9 Å². The quantitative estimate of drug-likeness (QED) is 0.886. The smallest absolute Gasteiger partial charge is 0.0933 e. The summed E-state index contributed by atoms with van der Waals surface area (Å²) < 4.78 is 8.67. The lowest BCUT2D eigenvalue weighted by molar-refractivity contribution is -0.0557. The maximum atomic E-state index is 9.19. The van der Waals surface area contributed by atoms with E-state index in [0.29, 0.717) is 6.61 Å². The summed E-state index contributed by atoms with van der Waals surface area (Å²) in [5.74, 6) is 0. The maximum absolute atomic E-state index is 9.19. The van der Waals surface area contributed by atoms with Gasteiger partial charge in [0.2, 0.25) is 0 Å². The number of aliphatic hydroxyl groups is 1. The molecule has 1 fully saturated rings. The number of ether oxygens (including phenoxy) is 1. The van der Waals surface area contributed by atoms with Gasteiger partial charge in [0, 0.05) is 26.2 Å². The Labute approximate surface area is 122 Å². The average Bonchev–Trinajstić information content (AvgIpc) is 2.75. The lowest BCUT2D eigenvalue weighted by Gasteiger charge is -2.32. The molecule has 5 nitrogen and oxygen atoms in total. The van der Waals surface area contributed by atoms with Gasteiger partial charge in [0.15, 0.2) is 0 Å². The third-order valence-electron chi connectivity index (χ3n) is 3.49. The van der Waals surface area contributed by atoms with E-state index in [0.717, 1.165) is 42.8 Å². The third-order valence-corrected chi connectivity index (χ3v) is 4.41. The van der Waals surface area contributed by atoms with Crippen LogP contribution in [0.4, 0.5) is 0 Å². The van der Waals surface area contributed by atoms with E-state index in [9.17, 15) is 5.11 Å². The number of rotatable bonds is 5. The molecule has 0 aromatic carbocycles. The summed E-state index contributed by atoms with van der Waals surface area (Å²) >= 11 is 3.67. The molecule has 1 saturated heterocycles. The zero-order valence-corrected chi connectivity index (χ0v) is 13.2. The lowest BCUT2D eigenvalue weighted by Crippen LogP contribution is -2.43. The minimum atomic E-state index is -0.0591. The molecule has 0 spiro atoms. The molecule has 1 unspecified atom stereocenters. The molecule has 6 heteroatoms. The summed E-state index contributed by atoms with van der Waals surface area (Å²) in [7, 11) is 0. The van der Waals surface area contributed by atoms with E-state index in [1.807, 2.05) is 0 Å². The van der Waals surface area contributed by atoms with Crippen LogP contribution in [0.2, 0.25) is 0 Å². The molecular weight excluding hydrogens is 310 g/mol. The minimum absolute atomic E-state index is 0.0591. The molecule has 2 heterocycles. The van der Waals surface area contributed by atoms with E-state index < -0.39 is 0 Å². The summed E-state index contributed by atoms with van der Waals surface area (Å²) in [6, 6.07) is 0. The fraction of sp³-hybridized carbons (Fsp3) is 0.769. The topological polar surface area (TPSA) is 50.5 Å². The van der Waals surface area contributed by atoms with E-state index in [-0.39, 0.29) is 12.7 Å². The molecule has 108 valence electrons. The van der Waals surface area contributed by atoms with Crippen molar-refractivity contribution in [3.8, 4) is 0 Å². The largest absolute Gasteiger partial charge is 0.394 e. The molecule has 1 aliphatic rings. The summed E-state index contributed by atoms with van der Waals surface area (Å²) in [5, 5.41) is 13.8. The zero-order chi connectivity index (χ0) is 13.8. The highest BCUT2D eigenvalue weighted by molar-refractivity contribution is 9.10. The van der Waals surface area contributed by atoms with Gasteiger partial charge < -0.3 is 9.84 Å². The highest BCUT2D eigenvalue weighted by Gasteiger charge is 2.23. The molecule has 19 heavy (non-hydrogen) atoms. The van der Waals surface area contributed by atoms with Gasteiger partial charge in [-0.1, -0.05) is 6.92 Å². The molecule has 1 N–H and O–H groups in total. The second-order valence-corrected chi connectivity index (χ2v) is 5.58. The summed E-state index contributed by atoms with van der Waals surface area (Å²) in [4.78, 5) is 2.32. The van der Waals surface area contributed by atoms with Crippen LogP contribution in [-0.2, 0) is 24.2 Å². The van der Waals surface area contributed by atoms with E-state index in [1.54, 1.807) is 0 Å².